The van der Waals surface area contributed by atoms with Gasteiger partial charge in [0.15, 0.2) is 0 Å². The number of hydrogen-bond acceptors (Lipinski definition) is 0. The molecule has 0 amide bonds. The maximum atomic E-state index is 4.49. The summed E-state index contributed by atoms with van der Waals surface area (Å²) in [7, 11) is 3.91. The van der Waals surface area contributed by atoms with Crippen molar-refractivity contribution < 1.29 is 18.2 Å². The topological polar surface area (TPSA) is 0 Å². The van der Waals surface area contributed by atoms with Gasteiger partial charge in [-0.1, -0.05) is 76.9 Å². The quantitative estimate of drug-likeness (QED) is 0.178. The van der Waals surface area contributed by atoms with E-state index in [2.05, 4.69) is 97.9 Å². The van der Waals surface area contributed by atoms with E-state index in [0.717, 1.165) is 11.3 Å². The molecule has 0 spiro atoms. The van der Waals surface area contributed by atoms with Crippen LogP contribution in [0.3, 0.4) is 0 Å². The van der Waals surface area contributed by atoms with E-state index >= 15 is 0 Å². The Labute approximate surface area is 227 Å². The summed E-state index contributed by atoms with van der Waals surface area (Å²) < 4.78 is 0. The van der Waals surface area contributed by atoms with Crippen LogP contribution < -0.4 is 5.30 Å². The van der Waals surface area contributed by atoms with E-state index in [1.807, 2.05) is 0 Å². The first kappa shape index (κ1) is 30.0. The van der Waals surface area contributed by atoms with E-state index in [4.69, 9.17) is 0 Å². The van der Waals surface area contributed by atoms with Crippen molar-refractivity contribution in [1.29, 1.82) is 0 Å². The Morgan fingerprint density at radius 2 is 1.12 bits per heavy atom. The molecule has 2 aliphatic rings. The fraction of sp³-hybridized carbons (Fsp3) is 0.581. The molecular formula is C31H47ClPPd+. The van der Waals surface area contributed by atoms with E-state index in [1.54, 1.807) is 27.6 Å². The van der Waals surface area contributed by atoms with Crippen molar-refractivity contribution in [2.75, 3.05) is 0 Å². The van der Waals surface area contributed by atoms with E-state index < -0.39 is 7.92 Å². The zero-order valence-corrected chi connectivity index (χ0v) is 25.4. The van der Waals surface area contributed by atoms with Crippen LogP contribution in [0.2, 0.25) is 0 Å². The summed E-state index contributed by atoms with van der Waals surface area (Å²) in [5.41, 5.74) is 8.24. The fourth-order valence-electron chi connectivity index (χ4n) is 6.42. The average molecular weight is 593 g/mol. The van der Waals surface area contributed by atoms with E-state index in [-0.39, 0.29) is 7.43 Å². The molecule has 0 N–H and O–H groups in total. The summed E-state index contributed by atoms with van der Waals surface area (Å²) in [5.74, 6) is 1.11. The van der Waals surface area contributed by atoms with Crippen molar-refractivity contribution in [3.63, 3.8) is 0 Å². The van der Waals surface area contributed by atoms with Crippen LogP contribution in [0, 0.1) is 7.43 Å². The van der Waals surface area contributed by atoms with Gasteiger partial charge in [-0.3, -0.25) is 0 Å². The van der Waals surface area contributed by atoms with E-state index in [0.29, 0.717) is 11.8 Å². The van der Waals surface area contributed by atoms with Gasteiger partial charge >= 0.3 is 27.7 Å². The standard InChI is InChI=1S/C30H43P.CH3.ClH.Pd/c1-22(2)26-19-13-20-27(23(3)4)30(26)28-18-11-12-21-29(28)31(24-14-7-5-8-15-24)25-16-9-6-10-17-25;;;/h11-13,18-25H,5-10,14-17H2,1-4H3;1H3;1H;/q;-1;;+2. The van der Waals surface area contributed by atoms with Crippen molar-refractivity contribution in [1.82, 2.24) is 0 Å². The van der Waals surface area contributed by atoms with Gasteiger partial charge in [0.1, 0.15) is 0 Å². The molecule has 2 fully saturated rings. The molecule has 0 nitrogen and oxygen atoms in total. The molecule has 0 saturated heterocycles. The Morgan fingerprint density at radius 3 is 1.56 bits per heavy atom. The molecule has 192 valence electrons. The molecule has 0 heterocycles. The van der Waals surface area contributed by atoms with Gasteiger partial charge in [-0.2, -0.15) is 0 Å². The Morgan fingerprint density at radius 1 is 0.676 bits per heavy atom. The molecule has 0 bridgehead atoms. The van der Waals surface area contributed by atoms with Crippen molar-refractivity contribution >= 4 is 22.8 Å². The Kier molecular flexibility index (Phi) is 13.4. The predicted molar refractivity (Wildman–Crippen MR) is 154 cm³/mol. The minimum atomic E-state index is -0.584. The normalized spacial score (nSPS) is 17.5. The van der Waals surface area contributed by atoms with Crippen molar-refractivity contribution in [3.8, 4) is 11.1 Å². The molecule has 2 aromatic rings. The molecule has 4 rings (SSSR count). The SMILES string of the molecule is CC(C)c1cccc(C(C)C)c1-c1ccccc1[PH+](C1CCCCC1)C1CCCCC1.[CH3-].[Cl][Pd+]. The van der Waals surface area contributed by atoms with Gasteiger partial charge in [0.05, 0.1) is 16.6 Å². The van der Waals surface area contributed by atoms with Crippen molar-refractivity contribution in [2.45, 2.75) is 115 Å². The van der Waals surface area contributed by atoms with Crippen molar-refractivity contribution in [2.24, 2.45) is 0 Å². The van der Waals surface area contributed by atoms with Crippen LogP contribution >= 0.6 is 17.5 Å². The third-order valence-electron chi connectivity index (χ3n) is 7.97. The van der Waals surface area contributed by atoms with Gasteiger partial charge in [-0.25, -0.2) is 0 Å². The van der Waals surface area contributed by atoms with E-state index in [1.165, 1.54) is 64.2 Å². The second kappa shape index (κ2) is 15.2. The average Bonchev–Trinajstić information content (AvgIpc) is 2.86. The second-order valence-corrected chi connectivity index (χ2v) is 13.9. The third kappa shape index (κ3) is 7.19. The minimum absolute atomic E-state index is 0. The van der Waals surface area contributed by atoms with Gasteiger partial charge in [-0.05, 0) is 86.0 Å². The molecule has 34 heavy (non-hydrogen) atoms. The van der Waals surface area contributed by atoms with Crippen molar-refractivity contribution in [3.05, 3.63) is 61.0 Å². The summed E-state index contributed by atoms with van der Waals surface area (Å²) >= 11 is 2.22. The van der Waals surface area contributed by atoms with Crippen LogP contribution in [-0.2, 0) is 18.2 Å². The summed E-state index contributed by atoms with van der Waals surface area (Å²) in [6.45, 7) is 9.50. The molecule has 0 atom stereocenters. The molecule has 2 aliphatic carbocycles. The zero-order valence-electron chi connectivity index (χ0n) is 22.1. The Hall–Kier alpha value is -0.178. The summed E-state index contributed by atoms with van der Waals surface area (Å²) in [6.07, 6.45) is 14.7. The van der Waals surface area contributed by atoms with Crippen LogP contribution in [0.25, 0.3) is 11.1 Å². The van der Waals surface area contributed by atoms with Crippen LogP contribution in [0.5, 0.6) is 0 Å². The van der Waals surface area contributed by atoms with Crippen LogP contribution in [0.4, 0.5) is 0 Å². The first-order chi connectivity index (χ1) is 16.1. The Bertz CT molecular complexity index is 806. The maximum absolute atomic E-state index is 4.49. The first-order valence-corrected chi connectivity index (χ1v) is 16.9. The number of halogens is 1. The summed E-state index contributed by atoms with van der Waals surface area (Å²) in [6, 6.07) is 16.8. The molecule has 0 radical (unpaired) electrons. The van der Waals surface area contributed by atoms with Crippen LogP contribution in [0.15, 0.2) is 42.5 Å². The molecule has 2 saturated carbocycles. The van der Waals surface area contributed by atoms with Gasteiger partial charge in [0.25, 0.3) is 0 Å². The summed E-state index contributed by atoms with van der Waals surface area (Å²) in [5, 5.41) is 1.78. The number of rotatable bonds is 6. The molecule has 0 unspecified atom stereocenters. The number of hydrogen-bond donors (Lipinski definition) is 0. The molecule has 0 aromatic heterocycles. The fourth-order valence-corrected chi connectivity index (χ4v) is 10.8. The molecule has 0 aliphatic heterocycles. The Balaban J connectivity index is 0.00000133. The summed E-state index contributed by atoms with van der Waals surface area (Å²) in [4.78, 5) is 0. The van der Waals surface area contributed by atoms with Gasteiger partial charge in [-0.15, -0.1) is 0 Å². The van der Waals surface area contributed by atoms with Crippen LogP contribution in [0.1, 0.15) is 115 Å². The number of benzene rings is 2. The predicted octanol–water partition coefficient (Wildman–Crippen LogP) is 10.2. The van der Waals surface area contributed by atoms with Gasteiger partial charge in [0, 0.05) is 13.5 Å². The monoisotopic (exact) mass is 591 g/mol. The van der Waals surface area contributed by atoms with E-state index in [9.17, 15) is 0 Å². The van der Waals surface area contributed by atoms with Gasteiger partial charge in [0.2, 0.25) is 0 Å². The third-order valence-corrected chi connectivity index (χ3v) is 11.9. The molecule has 2 aromatic carbocycles. The molecule has 3 heteroatoms. The molecular weight excluding hydrogens is 545 g/mol. The van der Waals surface area contributed by atoms with Crippen LogP contribution in [-0.4, -0.2) is 11.3 Å². The zero-order chi connectivity index (χ0) is 23.8. The second-order valence-electron chi connectivity index (χ2n) is 10.8. The van der Waals surface area contributed by atoms with Gasteiger partial charge < -0.3 is 7.43 Å². The first-order valence-electron chi connectivity index (χ1n) is 13.3.